The van der Waals surface area contributed by atoms with Gasteiger partial charge in [0, 0.05) is 36.1 Å². The van der Waals surface area contributed by atoms with Gasteiger partial charge in [-0.25, -0.2) is 4.98 Å². The average molecular weight is 527 g/mol. The molecule has 0 radical (unpaired) electrons. The van der Waals surface area contributed by atoms with Crippen molar-refractivity contribution < 1.29 is 10.2 Å². The molecule has 206 valence electrons. The SMILES string of the molecule is CC1(C)CCC(C)(C)c2cc(-c3csc(C4CCCCC(N(CCO)CCCCO)CCC4)n3)ccc21. The van der Waals surface area contributed by atoms with Crippen LogP contribution in [-0.2, 0) is 10.8 Å². The Kier molecular flexibility index (Phi) is 9.88. The number of fused-ring (bicyclic) bond motifs is 1. The molecule has 1 aromatic heterocycles. The van der Waals surface area contributed by atoms with Crippen LogP contribution in [0, 0.1) is 0 Å². The van der Waals surface area contributed by atoms with Crippen LogP contribution >= 0.6 is 11.3 Å². The van der Waals surface area contributed by atoms with Crippen LogP contribution in [0.4, 0.5) is 0 Å². The Morgan fingerprint density at radius 1 is 0.865 bits per heavy atom. The normalized spacial score (nSPS) is 23.8. The highest BCUT2D eigenvalue weighted by molar-refractivity contribution is 7.10. The summed E-state index contributed by atoms with van der Waals surface area (Å²) in [6.45, 7) is 11.8. The van der Waals surface area contributed by atoms with E-state index in [-0.39, 0.29) is 24.0 Å². The van der Waals surface area contributed by atoms with Gasteiger partial charge in [0.2, 0.25) is 0 Å². The minimum absolute atomic E-state index is 0.218. The molecule has 4 nitrogen and oxygen atoms in total. The van der Waals surface area contributed by atoms with Crippen molar-refractivity contribution in [2.45, 2.75) is 121 Å². The third-order valence-electron chi connectivity index (χ3n) is 9.21. The van der Waals surface area contributed by atoms with Crippen molar-refractivity contribution in [2.24, 2.45) is 0 Å². The predicted molar refractivity (Wildman–Crippen MR) is 157 cm³/mol. The van der Waals surface area contributed by atoms with Crippen LogP contribution in [0.1, 0.15) is 120 Å². The Morgan fingerprint density at radius 3 is 2.32 bits per heavy atom. The number of rotatable bonds is 9. The van der Waals surface area contributed by atoms with Crippen LogP contribution in [0.2, 0.25) is 0 Å². The van der Waals surface area contributed by atoms with Gasteiger partial charge >= 0.3 is 0 Å². The summed E-state index contributed by atoms with van der Waals surface area (Å²) in [6, 6.07) is 7.68. The number of hydrogen-bond acceptors (Lipinski definition) is 5. The zero-order chi connectivity index (χ0) is 26.5. The predicted octanol–water partition coefficient (Wildman–Crippen LogP) is 7.42. The first-order chi connectivity index (χ1) is 17.7. The molecule has 2 aliphatic carbocycles. The number of hydrogen-bond donors (Lipinski definition) is 2. The number of thiazole rings is 1. The van der Waals surface area contributed by atoms with Crippen LogP contribution in [0.15, 0.2) is 23.6 Å². The molecule has 2 atom stereocenters. The minimum atomic E-state index is 0.218. The lowest BCUT2D eigenvalue weighted by molar-refractivity contribution is 0.130. The highest BCUT2D eigenvalue weighted by Crippen LogP contribution is 2.47. The van der Waals surface area contributed by atoms with Crippen molar-refractivity contribution in [3.8, 4) is 11.3 Å². The summed E-state index contributed by atoms with van der Waals surface area (Å²) >= 11 is 1.86. The van der Waals surface area contributed by atoms with Crippen LogP contribution < -0.4 is 0 Å². The van der Waals surface area contributed by atoms with E-state index in [4.69, 9.17) is 4.98 Å². The van der Waals surface area contributed by atoms with Gasteiger partial charge in [-0.3, -0.25) is 4.90 Å². The monoisotopic (exact) mass is 526 g/mol. The number of aliphatic hydroxyl groups is 2. The summed E-state index contributed by atoms with van der Waals surface area (Å²) in [7, 11) is 0. The standard InChI is InChI=1S/C32H50N2O2S/c1-31(2)16-17-32(3,4)28-22-25(14-15-27(28)31)29-23-37-30(33-29)24-10-5-6-12-26(13-9-11-24)34(19-21-36)18-7-8-20-35/h14-15,22-24,26,35-36H,5-13,16-21H2,1-4H3. The third kappa shape index (κ3) is 7.03. The molecule has 4 rings (SSSR count). The van der Waals surface area contributed by atoms with E-state index in [1.54, 1.807) is 0 Å². The third-order valence-corrected chi connectivity index (χ3v) is 10.2. The molecular weight excluding hydrogens is 476 g/mol. The molecule has 0 saturated heterocycles. The highest BCUT2D eigenvalue weighted by atomic mass is 32.1. The van der Waals surface area contributed by atoms with Gasteiger partial charge in [-0.15, -0.1) is 11.3 Å². The number of benzene rings is 1. The molecule has 37 heavy (non-hydrogen) atoms. The first-order valence-corrected chi connectivity index (χ1v) is 15.7. The lowest BCUT2D eigenvalue weighted by atomic mass is 9.63. The maximum absolute atomic E-state index is 9.61. The first-order valence-electron chi connectivity index (χ1n) is 14.8. The zero-order valence-electron chi connectivity index (χ0n) is 23.8. The number of aliphatic hydroxyl groups excluding tert-OH is 2. The van der Waals surface area contributed by atoms with Gasteiger partial charge in [-0.1, -0.05) is 59.1 Å². The maximum Gasteiger partial charge on any atom is 0.0963 e. The van der Waals surface area contributed by atoms with Crippen molar-refractivity contribution >= 4 is 11.3 Å². The van der Waals surface area contributed by atoms with Crippen LogP contribution in [0.3, 0.4) is 0 Å². The van der Waals surface area contributed by atoms with Gasteiger partial charge in [0.1, 0.15) is 0 Å². The summed E-state index contributed by atoms with van der Waals surface area (Å²) in [5, 5.41) is 22.4. The summed E-state index contributed by atoms with van der Waals surface area (Å²) in [4.78, 5) is 7.71. The maximum atomic E-state index is 9.61. The largest absolute Gasteiger partial charge is 0.396 e. The van der Waals surface area contributed by atoms with Crippen molar-refractivity contribution in [1.82, 2.24) is 9.88 Å². The lowest BCUT2D eigenvalue weighted by Crippen LogP contribution is -2.38. The summed E-state index contributed by atoms with van der Waals surface area (Å²) in [5.74, 6) is 0.561. The van der Waals surface area contributed by atoms with Crippen molar-refractivity contribution in [3.63, 3.8) is 0 Å². The topological polar surface area (TPSA) is 56.6 Å². The van der Waals surface area contributed by atoms with E-state index < -0.39 is 0 Å². The molecule has 2 N–H and O–H groups in total. The molecular formula is C32H50N2O2S. The van der Waals surface area contributed by atoms with E-state index in [2.05, 4.69) is 56.2 Å². The van der Waals surface area contributed by atoms with E-state index in [1.807, 2.05) is 11.3 Å². The van der Waals surface area contributed by atoms with Crippen LogP contribution in [0.25, 0.3) is 11.3 Å². The zero-order valence-corrected chi connectivity index (χ0v) is 24.6. The minimum Gasteiger partial charge on any atom is -0.396 e. The second-order valence-electron chi connectivity index (χ2n) is 12.9. The molecule has 0 bridgehead atoms. The second kappa shape index (κ2) is 12.7. The summed E-state index contributed by atoms with van der Waals surface area (Å²) in [6.07, 6.45) is 12.9. The Bertz CT molecular complexity index is 998. The Hall–Kier alpha value is -1.27. The van der Waals surface area contributed by atoms with Gasteiger partial charge in [-0.05, 0) is 85.9 Å². The quantitative estimate of drug-likeness (QED) is 0.334. The molecule has 2 unspecified atom stereocenters. The fraction of sp³-hybridized carbons (Fsp3) is 0.719. The fourth-order valence-corrected chi connectivity index (χ4v) is 7.66. The summed E-state index contributed by atoms with van der Waals surface area (Å²) < 4.78 is 0. The highest BCUT2D eigenvalue weighted by Gasteiger charge is 2.37. The fourth-order valence-electron chi connectivity index (χ4n) is 6.66. The molecule has 0 aliphatic heterocycles. The number of aromatic nitrogens is 1. The molecule has 5 heteroatoms. The Labute approximate surface area is 229 Å². The van der Waals surface area contributed by atoms with E-state index in [0.29, 0.717) is 12.0 Å². The van der Waals surface area contributed by atoms with Gasteiger partial charge in [0.25, 0.3) is 0 Å². The van der Waals surface area contributed by atoms with E-state index in [9.17, 15) is 10.2 Å². The van der Waals surface area contributed by atoms with E-state index in [1.165, 1.54) is 79.5 Å². The molecule has 1 aromatic carbocycles. The van der Waals surface area contributed by atoms with Crippen molar-refractivity contribution in [1.29, 1.82) is 0 Å². The molecule has 1 heterocycles. The van der Waals surface area contributed by atoms with E-state index >= 15 is 0 Å². The lowest BCUT2D eigenvalue weighted by Gasteiger charge is -2.42. The van der Waals surface area contributed by atoms with Gasteiger partial charge in [0.15, 0.2) is 0 Å². The number of unbranched alkanes of at least 4 members (excludes halogenated alkanes) is 1. The van der Waals surface area contributed by atoms with Crippen molar-refractivity contribution in [3.05, 3.63) is 39.7 Å². The number of nitrogens with zero attached hydrogens (tertiary/aromatic N) is 2. The molecule has 2 aliphatic rings. The first kappa shape index (κ1) is 28.7. The molecule has 1 fully saturated rings. The Balaban J connectivity index is 1.44. The molecule has 0 amide bonds. The van der Waals surface area contributed by atoms with Crippen LogP contribution in [0.5, 0.6) is 0 Å². The average Bonchev–Trinajstić information content (AvgIpc) is 3.40. The molecule has 1 saturated carbocycles. The van der Waals surface area contributed by atoms with E-state index in [0.717, 1.165) is 31.6 Å². The van der Waals surface area contributed by atoms with Gasteiger partial charge in [0.05, 0.1) is 17.3 Å². The molecule has 0 spiro atoms. The summed E-state index contributed by atoms with van der Waals surface area (Å²) in [5.41, 5.74) is 5.92. The second-order valence-corrected chi connectivity index (χ2v) is 13.7. The van der Waals surface area contributed by atoms with Gasteiger partial charge in [-0.2, -0.15) is 0 Å². The van der Waals surface area contributed by atoms with Crippen LogP contribution in [-0.4, -0.2) is 52.4 Å². The van der Waals surface area contributed by atoms with Gasteiger partial charge < -0.3 is 10.2 Å². The molecule has 2 aromatic rings. The Morgan fingerprint density at radius 2 is 1.57 bits per heavy atom. The van der Waals surface area contributed by atoms with Crippen molar-refractivity contribution in [2.75, 3.05) is 26.3 Å². The smallest absolute Gasteiger partial charge is 0.0963 e.